The molecule has 2 aromatic carbocycles. The van der Waals surface area contributed by atoms with Crippen molar-refractivity contribution < 1.29 is 18.1 Å². The highest BCUT2D eigenvalue weighted by Gasteiger charge is 2.22. The Bertz CT molecular complexity index is 957. The number of rotatable bonds is 6. The Morgan fingerprint density at radius 1 is 1.15 bits per heavy atom. The van der Waals surface area contributed by atoms with Gasteiger partial charge >= 0.3 is 0 Å². The SMILES string of the molecule is O=C(CCNS(=O)(=O)c1ccc([N+](=O)[O-])cc1)N1CCCc2ccccc21. The third kappa shape index (κ3) is 4.32. The van der Waals surface area contributed by atoms with Crippen LogP contribution in [0.25, 0.3) is 0 Å². The highest BCUT2D eigenvalue weighted by Crippen LogP contribution is 2.27. The third-order valence-electron chi connectivity index (χ3n) is 4.40. The summed E-state index contributed by atoms with van der Waals surface area (Å²) in [6, 6.07) is 12.3. The van der Waals surface area contributed by atoms with E-state index in [1.807, 2.05) is 24.3 Å². The Morgan fingerprint density at radius 3 is 2.56 bits per heavy atom. The van der Waals surface area contributed by atoms with Gasteiger partial charge in [0, 0.05) is 37.3 Å². The smallest absolute Gasteiger partial charge is 0.269 e. The zero-order valence-corrected chi connectivity index (χ0v) is 15.3. The molecule has 0 atom stereocenters. The average Bonchev–Trinajstić information content (AvgIpc) is 2.67. The number of hydrogen-bond acceptors (Lipinski definition) is 5. The van der Waals surface area contributed by atoms with E-state index < -0.39 is 14.9 Å². The number of amides is 1. The quantitative estimate of drug-likeness (QED) is 0.602. The Balaban J connectivity index is 1.61. The lowest BCUT2D eigenvalue weighted by Gasteiger charge is -2.29. The highest BCUT2D eigenvalue weighted by molar-refractivity contribution is 7.89. The summed E-state index contributed by atoms with van der Waals surface area (Å²) < 4.78 is 26.9. The molecule has 0 aromatic heterocycles. The van der Waals surface area contributed by atoms with Crippen LogP contribution in [0.1, 0.15) is 18.4 Å². The van der Waals surface area contributed by atoms with Crippen molar-refractivity contribution in [1.29, 1.82) is 0 Å². The second kappa shape index (κ2) is 7.85. The molecule has 0 radical (unpaired) electrons. The Labute approximate surface area is 157 Å². The molecule has 1 N–H and O–H groups in total. The zero-order chi connectivity index (χ0) is 19.4. The number of nitro benzene ring substituents is 1. The van der Waals surface area contributed by atoms with Gasteiger partial charge in [0.15, 0.2) is 0 Å². The normalized spacial score (nSPS) is 13.9. The third-order valence-corrected chi connectivity index (χ3v) is 5.88. The van der Waals surface area contributed by atoms with Gasteiger partial charge in [-0.05, 0) is 36.6 Å². The Hall–Kier alpha value is -2.78. The van der Waals surface area contributed by atoms with Gasteiger partial charge in [-0.25, -0.2) is 13.1 Å². The molecular formula is C18H19N3O5S. The highest BCUT2D eigenvalue weighted by atomic mass is 32.2. The predicted molar refractivity (Wildman–Crippen MR) is 100 cm³/mol. The van der Waals surface area contributed by atoms with Crippen molar-refractivity contribution in [2.45, 2.75) is 24.2 Å². The van der Waals surface area contributed by atoms with Crippen LogP contribution in [0.15, 0.2) is 53.4 Å². The van der Waals surface area contributed by atoms with Crippen LogP contribution >= 0.6 is 0 Å². The van der Waals surface area contributed by atoms with E-state index in [1.54, 1.807) is 4.90 Å². The van der Waals surface area contributed by atoms with Crippen molar-refractivity contribution in [3.63, 3.8) is 0 Å². The maximum Gasteiger partial charge on any atom is 0.269 e. The molecule has 1 aliphatic rings. The number of non-ortho nitro benzene ring substituents is 1. The summed E-state index contributed by atoms with van der Waals surface area (Å²) in [6.45, 7) is 0.571. The van der Waals surface area contributed by atoms with Gasteiger partial charge < -0.3 is 4.90 Å². The van der Waals surface area contributed by atoms with E-state index >= 15 is 0 Å². The fourth-order valence-electron chi connectivity index (χ4n) is 3.05. The van der Waals surface area contributed by atoms with E-state index in [4.69, 9.17) is 0 Å². The summed E-state index contributed by atoms with van der Waals surface area (Å²) in [6.07, 6.45) is 1.82. The van der Waals surface area contributed by atoms with Gasteiger partial charge in [-0.3, -0.25) is 14.9 Å². The summed E-state index contributed by atoms with van der Waals surface area (Å²) in [4.78, 5) is 24.2. The lowest BCUT2D eigenvalue weighted by molar-refractivity contribution is -0.384. The number of benzene rings is 2. The first-order valence-corrected chi connectivity index (χ1v) is 9.99. The number of hydrogen-bond donors (Lipinski definition) is 1. The van der Waals surface area contributed by atoms with E-state index in [-0.39, 0.29) is 29.5 Å². The second-order valence-corrected chi connectivity index (χ2v) is 7.94. The topological polar surface area (TPSA) is 110 Å². The zero-order valence-electron chi connectivity index (χ0n) is 14.5. The molecular weight excluding hydrogens is 370 g/mol. The van der Waals surface area contributed by atoms with Gasteiger partial charge in [0.2, 0.25) is 15.9 Å². The van der Waals surface area contributed by atoms with E-state index in [1.165, 1.54) is 12.1 Å². The molecule has 142 valence electrons. The van der Waals surface area contributed by atoms with E-state index in [0.717, 1.165) is 36.2 Å². The van der Waals surface area contributed by atoms with Crippen molar-refractivity contribution in [2.75, 3.05) is 18.0 Å². The number of nitro groups is 1. The van der Waals surface area contributed by atoms with E-state index in [9.17, 15) is 23.3 Å². The molecule has 1 amide bonds. The largest absolute Gasteiger partial charge is 0.312 e. The molecule has 9 heteroatoms. The second-order valence-electron chi connectivity index (χ2n) is 6.18. The maximum absolute atomic E-state index is 12.5. The number of fused-ring (bicyclic) bond motifs is 1. The molecule has 0 saturated carbocycles. The van der Waals surface area contributed by atoms with Gasteiger partial charge in [-0.2, -0.15) is 0 Å². The minimum absolute atomic E-state index is 0.0283. The first-order valence-electron chi connectivity index (χ1n) is 8.51. The maximum atomic E-state index is 12.5. The van der Waals surface area contributed by atoms with E-state index in [2.05, 4.69) is 4.72 Å². The minimum atomic E-state index is -3.83. The van der Waals surface area contributed by atoms with Crippen LogP contribution in [0.5, 0.6) is 0 Å². The average molecular weight is 389 g/mol. The van der Waals surface area contributed by atoms with Crippen LogP contribution in [-0.4, -0.2) is 32.3 Å². The van der Waals surface area contributed by atoms with Crippen molar-refractivity contribution in [1.82, 2.24) is 4.72 Å². The molecule has 1 aliphatic heterocycles. The fourth-order valence-corrected chi connectivity index (χ4v) is 4.08. The van der Waals surface area contributed by atoms with Gasteiger partial charge in [0.25, 0.3) is 5.69 Å². The monoisotopic (exact) mass is 389 g/mol. The number of aryl methyl sites for hydroxylation is 1. The van der Waals surface area contributed by atoms with Crippen LogP contribution in [0.3, 0.4) is 0 Å². The molecule has 0 unspecified atom stereocenters. The first-order chi connectivity index (χ1) is 12.9. The molecule has 0 spiro atoms. The molecule has 0 aliphatic carbocycles. The van der Waals surface area contributed by atoms with Crippen LogP contribution in [0.2, 0.25) is 0 Å². The first kappa shape index (κ1) is 19.0. The van der Waals surface area contributed by atoms with Gasteiger partial charge in [-0.1, -0.05) is 18.2 Å². The lowest BCUT2D eigenvalue weighted by Crippen LogP contribution is -2.37. The van der Waals surface area contributed by atoms with E-state index in [0.29, 0.717) is 6.54 Å². The number of anilines is 1. The molecule has 0 fully saturated rings. The summed E-state index contributed by atoms with van der Waals surface area (Å²) >= 11 is 0. The standard InChI is InChI=1S/C18H19N3O5S/c22-18(20-13-3-5-14-4-1-2-6-17(14)20)11-12-19-27(25,26)16-9-7-15(8-10-16)21(23)24/h1-2,4,6-10,19H,3,5,11-13H2. The van der Waals surface area contributed by atoms with Gasteiger partial charge in [0.05, 0.1) is 9.82 Å². The van der Waals surface area contributed by atoms with Crippen molar-refractivity contribution in [3.8, 4) is 0 Å². The van der Waals surface area contributed by atoms with Crippen LogP contribution in [-0.2, 0) is 21.2 Å². The molecule has 2 aromatic rings. The number of carbonyl (C=O) groups excluding carboxylic acids is 1. The summed E-state index contributed by atoms with van der Waals surface area (Å²) in [5.41, 5.74) is 1.81. The number of carbonyl (C=O) groups is 1. The molecule has 8 nitrogen and oxygen atoms in total. The number of nitrogens with zero attached hydrogens (tertiary/aromatic N) is 2. The van der Waals surface area contributed by atoms with Crippen molar-refractivity contribution >= 4 is 27.3 Å². The number of para-hydroxylation sites is 1. The molecule has 3 rings (SSSR count). The Morgan fingerprint density at radius 2 is 1.85 bits per heavy atom. The lowest BCUT2D eigenvalue weighted by atomic mass is 10.0. The summed E-state index contributed by atoms with van der Waals surface area (Å²) in [7, 11) is -3.83. The molecule has 0 saturated heterocycles. The van der Waals surface area contributed by atoms with Crippen LogP contribution in [0.4, 0.5) is 11.4 Å². The predicted octanol–water partition coefficient (Wildman–Crippen LogP) is 2.24. The van der Waals surface area contributed by atoms with Crippen molar-refractivity contribution in [2.24, 2.45) is 0 Å². The number of sulfonamides is 1. The van der Waals surface area contributed by atoms with Crippen LogP contribution in [0, 0.1) is 10.1 Å². The number of nitrogens with one attached hydrogen (secondary N) is 1. The van der Waals surface area contributed by atoms with Crippen LogP contribution < -0.4 is 9.62 Å². The van der Waals surface area contributed by atoms with Gasteiger partial charge in [0.1, 0.15) is 0 Å². The van der Waals surface area contributed by atoms with Crippen molar-refractivity contribution in [3.05, 3.63) is 64.2 Å². The van der Waals surface area contributed by atoms with Gasteiger partial charge in [-0.15, -0.1) is 0 Å². The summed E-state index contributed by atoms with van der Waals surface area (Å²) in [5.74, 6) is -0.145. The molecule has 27 heavy (non-hydrogen) atoms. The fraction of sp³-hybridized carbons (Fsp3) is 0.278. The summed E-state index contributed by atoms with van der Waals surface area (Å²) in [5, 5.41) is 10.6. The molecule has 1 heterocycles. The molecule has 0 bridgehead atoms. The Kier molecular flexibility index (Phi) is 5.52. The minimum Gasteiger partial charge on any atom is -0.312 e.